The summed E-state index contributed by atoms with van der Waals surface area (Å²) in [6.07, 6.45) is 3.72. The van der Waals surface area contributed by atoms with Crippen LogP contribution in [0.25, 0.3) is 33.2 Å². The number of aromatic amines is 2. The van der Waals surface area contributed by atoms with Crippen molar-refractivity contribution in [3.05, 3.63) is 54.4 Å². The van der Waals surface area contributed by atoms with E-state index in [2.05, 4.69) is 33.2 Å². The average molecular weight is 258 g/mol. The summed E-state index contributed by atoms with van der Waals surface area (Å²) in [6, 6.07) is 14.0. The first kappa shape index (κ1) is 10.8. The Morgan fingerprint density at radius 1 is 1.05 bits per heavy atom. The summed E-state index contributed by atoms with van der Waals surface area (Å²) in [6.45, 7) is 0. The summed E-state index contributed by atoms with van der Waals surface area (Å²) < 4.78 is 0. The molecule has 0 bridgehead atoms. The molecule has 0 amide bonds. The lowest BCUT2D eigenvalue weighted by molar-refractivity contribution is 1.32. The molecule has 0 saturated carbocycles. The highest BCUT2D eigenvalue weighted by Gasteiger charge is 2.06. The van der Waals surface area contributed by atoms with Gasteiger partial charge < -0.3 is 9.97 Å². The normalized spacial score (nSPS) is 10.9. The first-order valence-electron chi connectivity index (χ1n) is 6.30. The van der Waals surface area contributed by atoms with E-state index in [0.29, 0.717) is 5.56 Å². The zero-order valence-electron chi connectivity index (χ0n) is 10.5. The quantitative estimate of drug-likeness (QED) is 0.548. The molecule has 4 nitrogen and oxygen atoms in total. The molecule has 4 heteroatoms. The van der Waals surface area contributed by atoms with Gasteiger partial charge in [-0.3, -0.25) is 0 Å². The number of nitrogens with one attached hydrogen (secondary N) is 2. The molecule has 20 heavy (non-hydrogen) atoms. The minimum absolute atomic E-state index is 0.658. The van der Waals surface area contributed by atoms with Crippen molar-refractivity contribution >= 4 is 21.9 Å². The predicted molar refractivity (Wildman–Crippen MR) is 78.1 cm³/mol. The topological polar surface area (TPSA) is 68.3 Å². The third-order valence-electron chi connectivity index (χ3n) is 3.46. The number of nitrogens with zero attached hydrogens (tertiary/aromatic N) is 2. The Hall–Kier alpha value is -3.06. The molecule has 3 aromatic heterocycles. The number of aromatic nitrogens is 3. The Morgan fingerprint density at radius 3 is 2.90 bits per heavy atom. The monoisotopic (exact) mass is 258 g/mol. The second-order valence-corrected chi connectivity index (χ2v) is 4.74. The summed E-state index contributed by atoms with van der Waals surface area (Å²) >= 11 is 0. The molecular formula is C16H10N4. The number of hydrogen-bond donors (Lipinski definition) is 2. The third kappa shape index (κ3) is 1.57. The van der Waals surface area contributed by atoms with Crippen LogP contribution in [0.2, 0.25) is 0 Å². The Kier molecular flexibility index (Phi) is 2.15. The first-order valence-corrected chi connectivity index (χ1v) is 6.30. The molecule has 4 aromatic rings. The van der Waals surface area contributed by atoms with Crippen molar-refractivity contribution in [2.45, 2.75) is 0 Å². The van der Waals surface area contributed by atoms with Gasteiger partial charge in [0.15, 0.2) is 0 Å². The Morgan fingerprint density at radius 2 is 2.00 bits per heavy atom. The number of pyridine rings is 1. The van der Waals surface area contributed by atoms with Crippen LogP contribution in [0.15, 0.2) is 48.8 Å². The molecule has 0 unspecified atom stereocenters. The van der Waals surface area contributed by atoms with Gasteiger partial charge in [0, 0.05) is 39.9 Å². The molecule has 0 aliphatic heterocycles. The predicted octanol–water partition coefficient (Wildman–Crippen LogP) is 3.58. The van der Waals surface area contributed by atoms with E-state index in [1.54, 1.807) is 0 Å². The van der Waals surface area contributed by atoms with E-state index in [1.807, 2.05) is 36.7 Å². The van der Waals surface area contributed by atoms with E-state index >= 15 is 0 Å². The summed E-state index contributed by atoms with van der Waals surface area (Å²) in [5.41, 5.74) is 4.55. The van der Waals surface area contributed by atoms with Crippen LogP contribution in [-0.4, -0.2) is 15.0 Å². The molecule has 4 rings (SSSR count). The summed E-state index contributed by atoms with van der Waals surface area (Å²) in [7, 11) is 0. The number of nitriles is 1. The van der Waals surface area contributed by atoms with Crippen molar-refractivity contribution in [3.8, 4) is 17.3 Å². The van der Waals surface area contributed by atoms with Crippen molar-refractivity contribution in [1.82, 2.24) is 15.0 Å². The van der Waals surface area contributed by atoms with Crippen molar-refractivity contribution in [2.24, 2.45) is 0 Å². The number of hydrogen-bond acceptors (Lipinski definition) is 2. The van der Waals surface area contributed by atoms with Gasteiger partial charge in [-0.2, -0.15) is 5.26 Å². The van der Waals surface area contributed by atoms with Crippen molar-refractivity contribution < 1.29 is 0 Å². The van der Waals surface area contributed by atoms with Crippen LogP contribution in [-0.2, 0) is 0 Å². The highest BCUT2D eigenvalue weighted by molar-refractivity contribution is 5.88. The second kappa shape index (κ2) is 3.97. The molecule has 0 radical (unpaired) electrons. The highest BCUT2D eigenvalue weighted by atomic mass is 14.8. The fourth-order valence-corrected chi connectivity index (χ4v) is 2.44. The third-order valence-corrected chi connectivity index (χ3v) is 3.46. The number of fused-ring (bicyclic) bond motifs is 2. The number of benzene rings is 1. The van der Waals surface area contributed by atoms with Crippen LogP contribution < -0.4 is 0 Å². The minimum atomic E-state index is 0.658. The molecule has 0 atom stereocenters. The largest absolute Gasteiger partial charge is 0.354 e. The Bertz CT molecular complexity index is 969. The maximum Gasteiger partial charge on any atom is 0.137 e. The Balaban J connectivity index is 1.90. The molecule has 0 aliphatic rings. The van der Waals surface area contributed by atoms with Crippen LogP contribution in [0, 0.1) is 11.3 Å². The van der Waals surface area contributed by atoms with E-state index in [-0.39, 0.29) is 0 Å². The fraction of sp³-hybridized carbons (Fsp3) is 0. The van der Waals surface area contributed by atoms with Crippen LogP contribution in [0.1, 0.15) is 5.56 Å². The van der Waals surface area contributed by atoms with E-state index in [1.165, 1.54) is 0 Å². The minimum Gasteiger partial charge on any atom is -0.354 e. The lowest BCUT2D eigenvalue weighted by Gasteiger charge is -1.97. The van der Waals surface area contributed by atoms with E-state index in [9.17, 15) is 0 Å². The van der Waals surface area contributed by atoms with Gasteiger partial charge in [0.25, 0.3) is 0 Å². The van der Waals surface area contributed by atoms with E-state index in [0.717, 1.165) is 33.2 Å². The van der Waals surface area contributed by atoms with Gasteiger partial charge in [0.1, 0.15) is 5.65 Å². The molecule has 94 valence electrons. The van der Waals surface area contributed by atoms with Crippen LogP contribution in [0.5, 0.6) is 0 Å². The highest BCUT2D eigenvalue weighted by Crippen LogP contribution is 2.26. The maximum absolute atomic E-state index is 8.94. The standard InChI is InChI=1S/C16H10N4/c17-8-10-1-2-11-7-15(20-14(11)5-10)13-6-12-3-4-18-16(12)19-9-13/h1-7,9,20H,(H,18,19). The Labute approximate surface area is 114 Å². The van der Waals surface area contributed by atoms with Gasteiger partial charge in [-0.15, -0.1) is 0 Å². The van der Waals surface area contributed by atoms with Gasteiger partial charge >= 0.3 is 0 Å². The summed E-state index contributed by atoms with van der Waals surface area (Å²) in [5, 5.41) is 11.1. The van der Waals surface area contributed by atoms with Crippen LogP contribution >= 0.6 is 0 Å². The van der Waals surface area contributed by atoms with E-state index < -0.39 is 0 Å². The molecule has 1 aromatic carbocycles. The zero-order chi connectivity index (χ0) is 13.5. The molecule has 0 aliphatic carbocycles. The number of rotatable bonds is 1. The lowest BCUT2D eigenvalue weighted by Crippen LogP contribution is -1.81. The SMILES string of the molecule is N#Cc1ccc2cc(-c3cnc4[nH]ccc4c3)[nH]c2c1. The zero-order valence-corrected chi connectivity index (χ0v) is 10.5. The van der Waals surface area contributed by atoms with Crippen molar-refractivity contribution in [3.63, 3.8) is 0 Å². The smallest absolute Gasteiger partial charge is 0.137 e. The first-order chi connectivity index (χ1) is 9.83. The lowest BCUT2D eigenvalue weighted by atomic mass is 10.1. The van der Waals surface area contributed by atoms with Crippen molar-refractivity contribution in [2.75, 3.05) is 0 Å². The van der Waals surface area contributed by atoms with Crippen LogP contribution in [0.4, 0.5) is 0 Å². The van der Waals surface area contributed by atoms with Gasteiger partial charge in [-0.05, 0) is 30.3 Å². The summed E-state index contributed by atoms with van der Waals surface area (Å²) in [5.74, 6) is 0. The van der Waals surface area contributed by atoms with Gasteiger partial charge in [-0.1, -0.05) is 6.07 Å². The molecule has 2 N–H and O–H groups in total. The molecule has 3 heterocycles. The van der Waals surface area contributed by atoms with Gasteiger partial charge in [-0.25, -0.2) is 4.98 Å². The molecular weight excluding hydrogens is 248 g/mol. The van der Waals surface area contributed by atoms with E-state index in [4.69, 9.17) is 5.26 Å². The molecule has 0 saturated heterocycles. The second-order valence-electron chi connectivity index (χ2n) is 4.74. The number of H-pyrrole nitrogens is 2. The van der Waals surface area contributed by atoms with Gasteiger partial charge in [0.2, 0.25) is 0 Å². The summed E-state index contributed by atoms with van der Waals surface area (Å²) in [4.78, 5) is 10.8. The fourth-order valence-electron chi connectivity index (χ4n) is 2.44. The molecule has 0 fully saturated rings. The van der Waals surface area contributed by atoms with Gasteiger partial charge in [0.05, 0.1) is 11.6 Å². The van der Waals surface area contributed by atoms with Crippen LogP contribution in [0.3, 0.4) is 0 Å². The van der Waals surface area contributed by atoms with Crippen molar-refractivity contribution in [1.29, 1.82) is 5.26 Å². The average Bonchev–Trinajstić information content (AvgIpc) is 3.11. The molecule has 0 spiro atoms. The maximum atomic E-state index is 8.94.